The van der Waals surface area contributed by atoms with Gasteiger partial charge in [-0.15, -0.1) is 11.3 Å². The molecule has 4 heteroatoms. The van der Waals surface area contributed by atoms with Crippen LogP contribution >= 0.6 is 22.9 Å². The fourth-order valence-electron chi connectivity index (χ4n) is 2.05. The summed E-state index contributed by atoms with van der Waals surface area (Å²) in [6, 6.07) is 6.53. The van der Waals surface area contributed by atoms with Crippen molar-refractivity contribution in [2.24, 2.45) is 5.73 Å². The van der Waals surface area contributed by atoms with Crippen LogP contribution in [0.4, 0.5) is 4.39 Å². The normalized spacial score (nSPS) is 12.8. The Bertz CT molecular complexity index is 527. The molecule has 0 amide bonds. The Morgan fingerprint density at radius 1 is 1.24 bits per heavy atom. The summed E-state index contributed by atoms with van der Waals surface area (Å²) >= 11 is 7.36. The molecule has 0 saturated heterocycles. The van der Waals surface area contributed by atoms with Gasteiger partial charge in [-0.05, 0) is 54.8 Å². The van der Waals surface area contributed by atoms with Crippen LogP contribution in [0.15, 0.2) is 24.3 Å². The highest BCUT2D eigenvalue weighted by atomic mass is 35.5. The average molecular weight is 270 g/mol. The zero-order valence-electron chi connectivity index (χ0n) is 9.63. The van der Waals surface area contributed by atoms with E-state index in [1.165, 1.54) is 23.5 Å². The lowest BCUT2D eigenvalue weighted by atomic mass is 9.95. The minimum Gasteiger partial charge on any atom is -0.320 e. The zero-order valence-corrected chi connectivity index (χ0v) is 11.2. The largest absolute Gasteiger partial charge is 0.320 e. The number of halogens is 2. The topological polar surface area (TPSA) is 26.0 Å². The van der Waals surface area contributed by atoms with Gasteiger partial charge in [0.2, 0.25) is 0 Å². The lowest BCUT2D eigenvalue weighted by molar-refractivity contribution is 0.623. The van der Waals surface area contributed by atoms with E-state index in [1.807, 2.05) is 26.0 Å². The zero-order chi connectivity index (χ0) is 12.6. The smallest absolute Gasteiger partial charge is 0.123 e. The average Bonchev–Trinajstić information content (AvgIpc) is 2.63. The van der Waals surface area contributed by atoms with Crippen LogP contribution in [-0.4, -0.2) is 0 Å². The van der Waals surface area contributed by atoms with E-state index in [1.54, 1.807) is 0 Å². The summed E-state index contributed by atoms with van der Waals surface area (Å²) in [5.41, 5.74) is 8.94. The van der Waals surface area contributed by atoms with Crippen LogP contribution in [-0.2, 0) is 0 Å². The summed E-state index contributed by atoms with van der Waals surface area (Å²) < 4.78 is 13.9. The molecule has 1 aromatic heterocycles. The third kappa shape index (κ3) is 2.51. The highest BCUT2D eigenvalue weighted by molar-refractivity contribution is 7.16. The Kier molecular flexibility index (Phi) is 3.52. The van der Waals surface area contributed by atoms with Gasteiger partial charge in [-0.3, -0.25) is 0 Å². The second-order valence-electron chi connectivity index (χ2n) is 4.07. The summed E-state index contributed by atoms with van der Waals surface area (Å²) in [5, 5.41) is 0. The van der Waals surface area contributed by atoms with Crippen molar-refractivity contribution < 1.29 is 4.39 Å². The summed E-state index contributed by atoms with van der Waals surface area (Å²) in [4.78, 5) is 0.993. The SMILES string of the molecule is Cc1cc(F)cc(C)c1C(N)c1ccc(Cl)s1. The maximum absolute atomic E-state index is 13.2. The van der Waals surface area contributed by atoms with E-state index in [2.05, 4.69) is 0 Å². The van der Waals surface area contributed by atoms with E-state index in [0.29, 0.717) is 4.34 Å². The van der Waals surface area contributed by atoms with Gasteiger partial charge in [-0.2, -0.15) is 0 Å². The van der Waals surface area contributed by atoms with Crippen LogP contribution in [0.3, 0.4) is 0 Å². The molecule has 1 unspecified atom stereocenters. The Hall–Kier alpha value is -0.900. The molecule has 1 nitrogen and oxygen atoms in total. The molecule has 0 aliphatic rings. The molecule has 1 heterocycles. The van der Waals surface area contributed by atoms with E-state index >= 15 is 0 Å². The van der Waals surface area contributed by atoms with E-state index in [9.17, 15) is 4.39 Å². The van der Waals surface area contributed by atoms with Crippen LogP contribution in [0.2, 0.25) is 4.34 Å². The van der Waals surface area contributed by atoms with Crippen molar-refractivity contribution >= 4 is 22.9 Å². The predicted octanol–water partition coefficient (Wildman–Crippen LogP) is 4.21. The Labute approximate surface area is 109 Å². The summed E-state index contributed by atoms with van der Waals surface area (Å²) in [5.74, 6) is -0.222. The molecular weight excluding hydrogens is 257 g/mol. The first-order valence-corrected chi connectivity index (χ1v) is 6.46. The Balaban J connectivity index is 2.47. The fraction of sp³-hybridized carbons (Fsp3) is 0.231. The van der Waals surface area contributed by atoms with Gasteiger partial charge < -0.3 is 5.73 Å². The number of aryl methyl sites for hydroxylation is 2. The first-order valence-electron chi connectivity index (χ1n) is 5.26. The standard InChI is InChI=1S/C13H13ClFNS/c1-7-5-9(15)6-8(2)12(7)13(16)10-3-4-11(14)17-10/h3-6,13H,16H2,1-2H3. The monoisotopic (exact) mass is 269 g/mol. The predicted molar refractivity (Wildman–Crippen MR) is 71.2 cm³/mol. The number of rotatable bonds is 2. The van der Waals surface area contributed by atoms with Crippen molar-refractivity contribution in [1.82, 2.24) is 0 Å². The van der Waals surface area contributed by atoms with Crippen molar-refractivity contribution in [3.63, 3.8) is 0 Å². The minimum atomic E-state index is -0.243. The third-order valence-electron chi connectivity index (χ3n) is 2.77. The molecule has 1 atom stereocenters. The molecule has 0 aliphatic heterocycles. The first-order chi connectivity index (χ1) is 7.99. The van der Waals surface area contributed by atoms with E-state index < -0.39 is 0 Å². The summed E-state index contributed by atoms with van der Waals surface area (Å²) in [6.07, 6.45) is 0. The third-order valence-corrected chi connectivity index (χ3v) is 4.08. The van der Waals surface area contributed by atoms with Crippen LogP contribution in [0.5, 0.6) is 0 Å². The molecule has 1 aromatic carbocycles. The highest BCUT2D eigenvalue weighted by Gasteiger charge is 2.16. The maximum atomic E-state index is 13.2. The number of benzene rings is 1. The van der Waals surface area contributed by atoms with Gasteiger partial charge in [0.25, 0.3) is 0 Å². The molecular formula is C13H13ClFNS. The van der Waals surface area contributed by atoms with Gasteiger partial charge in [-0.1, -0.05) is 11.6 Å². The van der Waals surface area contributed by atoms with Gasteiger partial charge in [-0.25, -0.2) is 4.39 Å². The van der Waals surface area contributed by atoms with Crippen molar-refractivity contribution in [1.29, 1.82) is 0 Å². The van der Waals surface area contributed by atoms with E-state index in [0.717, 1.165) is 21.6 Å². The molecule has 0 saturated carbocycles. The van der Waals surface area contributed by atoms with Crippen molar-refractivity contribution in [2.45, 2.75) is 19.9 Å². The molecule has 2 rings (SSSR count). The molecule has 2 N–H and O–H groups in total. The molecule has 0 aliphatic carbocycles. The second-order valence-corrected chi connectivity index (χ2v) is 5.82. The number of thiophene rings is 1. The van der Waals surface area contributed by atoms with Gasteiger partial charge in [0.05, 0.1) is 10.4 Å². The Morgan fingerprint density at radius 2 is 1.82 bits per heavy atom. The molecule has 2 aromatic rings. The minimum absolute atomic E-state index is 0.222. The molecule has 0 bridgehead atoms. The lowest BCUT2D eigenvalue weighted by Gasteiger charge is -2.16. The number of nitrogens with two attached hydrogens (primary N) is 1. The molecule has 0 radical (unpaired) electrons. The van der Waals surface area contributed by atoms with E-state index in [4.69, 9.17) is 17.3 Å². The molecule has 17 heavy (non-hydrogen) atoms. The second kappa shape index (κ2) is 4.77. The fourth-order valence-corrected chi connectivity index (χ4v) is 3.12. The van der Waals surface area contributed by atoms with Crippen molar-refractivity contribution in [3.8, 4) is 0 Å². The Morgan fingerprint density at radius 3 is 2.29 bits per heavy atom. The van der Waals surface area contributed by atoms with Gasteiger partial charge in [0, 0.05) is 4.88 Å². The van der Waals surface area contributed by atoms with Crippen LogP contribution in [0.25, 0.3) is 0 Å². The van der Waals surface area contributed by atoms with Gasteiger partial charge in [0.1, 0.15) is 5.82 Å². The van der Waals surface area contributed by atoms with Crippen molar-refractivity contribution in [2.75, 3.05) is 0 Å². The summed E-state index contributed by atoms with van der Waals surface area (Å²) in [6.45, 7) is 3.75. The number of hydrogen-bond acceptors (Lipinski definition) is 2. The first kappa shape index (κ1) is 12.6. The molecule has 0 fully saturated rings. The maximum Gasteiger partial charge on any atom is 0.123 e. The quantitative estimate of drug-likeness (QED) is 0.869. The van der Waals surface area contributed by atoms with Crippen LogP contribution < -0.4 is 5.73 Å². The summed E-state index contributed by atoms with van der Waals surface area (Å²) in [7, 11) is 0. The van der Waals surface area contributed by atoms with Crippen molar-refractivity contribution in [3.05, 3.63) is 56.0 Å². The number of hydrogen-bond donors (Lipinski definition) is 1. The van der Waals surface area contributed by atoms with E-state index in [-0.39, 0.29) is 11.9 Å². The highest BCUT2D eigenvalue weighted by Crippen LogP contribution is 2.32. The molecule has 90 valence electrons. The van der Waals surface area contributed by atoms with Crippen LogP contribution in [0, 0.1) is 19.7 Å². The van der Waals surface area contributed by atoms with Gasteiger partial charge >= 0.3 is 0 Å². The lowest BCUT2D eigenvalue weighted by Crippen LogP contribution is -2.13. The molecule has 0 spiro atoms. The van der Waals surface area contributed by atoms with Gasteiger partial charge in [0.15, 0.2) is 0 Å². The van der Waals surface area contributed by atoms with Crippen LogP contribution in [0.1, 0.15) is 27.6 Å².